The van der Waals surface area contributed by atoms with Crippen LogP contribution in [0.15, 0.2) is 29.8 Å². The Labute approximate surface area is 184 Å². The van der Waals surface area contributed by atoms with Crippen molar-refractivity contribution < 1.29 is 14.3 Å². The van der Waals surface area contributed by atoms with Gasteiger partial charge in [0.2, 0.25) is 0 Å². The van der Waals surface area contributed by atoms with Crippen LogP contribution in [0.2, 0.25) is 5.02 Å². The lowest BCUT2D eigenvalue weighted by atomic mass is 10.1. The minimum Gasteiger partial charge on any atom is -0.378 e. The standard InChI is InChI=1S/C20H20ClN5O3S/c1-12-15(18(24(2)23-12)25-7-9-29-10-8-25)11-16-17(27)22-20(30)26(19(16)28)14-5-3-13(21)4-6-14/h3-6,11H,7-10H2,1-2H3,(H,22,27,30)/b16-11+. The fraction of sp³-hybridized carbons (Fsp3) is 0.300. The summed E-state index contributed by atoms with van der Waals surface area (Å²) in [4.78, 5) is 29.3. The third-order valence-corrected chi connectivity index (χ3v) is 5.56. The van der Waals surface area contributed by atoms with Gasteiger partial charge >= 0.3 is 0 Å². The van der Waals surface area contributed by atoms with Crippen LogP contribution in [0.3, 0.4) is 0 Å². The van der Waals surface area contributed by atoms with Crippen LogP contribution in [-0.2, 0) is 21.4 Å². The molecule has 2 aromatic rings. The second-order valence-electron chi connectivity index (χ2n) is 6.98. The summed E-state index contributed by atoms with van der Waals surface area (Å²) in [5.74, 6) is -0.191. The smallest absolute Gasteiger partial charge is 0.270 e. The molecule has 0 bridgehead atoms. The lowest BCUT2D eigenvalue weighted by Gasteiger charge is -2.30. The summed E-state index contributed by atoms with van der Waals surface area (Å²) in [6, 6.07) is 6.68. The van der Waals surface area contributed by atoms with Gasteiger partial charge in [0.15, 0.2) is 5.11 Å². The van der Waals surface area contributed by atoms with Crippen molar-refractivity contribution >= 4 is 58.3 Å². The lowest BCUT2D eigenvalue weighted by molar-refractivity contribution is -0.122. The zero-order chi connectivity index (χ0) is 21.4. The van der Waals surface area contributed by atoms with E-state index in [1.807, 2.05) is 14.0 Å². The molecule has 8 nitrogen and oxygen atoms in total. The van der Waals surface area contributed by atoms with Gasteiger partial charge in [-0.05, 0) is 49.5 Å². The van der Waals surface area contributed by atoms with E-state index in [-0.39, 0.29) is 10.7 Å². The van der Waals surface area contributed by atoms with Crippen LogP contribution in [0.1, 0.15) is 11.3 Å². The van der Waals surface area contributed by atoms with Gasteiger partial charge < -0.3 is 9.64 Å². The first-order chi connectivity index (χ1) is 14.4. The Hall–Kier alpha value is -2.75. The van der Waals surface area contributed by atoms with Gasteiger partial charge in [-0.3, -0.25) is 24.5 Å². The Balaban J connectivity index is 1.76. The highest BCUT2D eigenvalue weighted by molar-refractivity contribution is 7.80. The van der Waals surface area contributed by atoms with Crippen LogP contribution in [0, 0.1) is 6.92 Å². The maximum absolute atomic E-state index is 13.3. The van der Waals surface area contributed by atoms with E-state index >= 15 is 0 Å². The number of benzene rings is 1. The molecule has 2 amide bonds. The van der Waals surface area contributed by atoms with Crippen molar-refractivity contribution in [2.75, 3.05) is 36.1 Å². The van der Waals surface area contributed by atoms with Crippen molar-refractivity contribution in [1.29, 1.82) is 0 Å². The van der Waals surface area contributed by atoms with Crippen molar-refractivity contribution in [3.8, 4) is 0 Å². The molecular weight excluding hydrogens is 426 g/mol. The molecule has 156 valence electrons. The molecule has 0 unspecified atom stereocenters. The van der Waals surface area contributed by atoms with E-state index in [9.17, 15) is 9.59 Å². The van der Waals surface area contributed by atoms with E-state index in [0.29, 0.717) is 37.0 Å². The van der Waals surface area contributed by atoms with E-state index in [1.54, 1.807) is 35.0 Å². The number of amides is 2. The first kappa shape index (κ1) is 20.5. The largest absolute Gasteiger partial charge is 0.378 e. The van der Waals surface area contributed by atoms with E-state index in [2.05, 4.69) is 15.3 Å². The van der Waals surface area contributed by atoms with Crippen LogP contribution in [0.25, 0.3) is 6.08 Å². The third kappa shape index (κ3) is 3.71. The average molecular weight is 446 g/mol. The average Bonchev–Trinajstić information content (AvgIpc) is 3.00. The zero-order valence-corrected chi connectivity index (χ0v) is 18.1. The minimum atomic E-state index is -0.536. The number of rotatable bonds is 3. The molecule has 1 aromatic heterocycles. The molecule has 0 spiro atoms. The van der Waals surface area contributed by atoms with Crippen molar-refractivity contribution in [2.24, 2.45) is 7.05 Å². The molecule has 2 aliphatic heterocycles. The van der Waals surface area contributed by atoms with Crippen LogP contribution in [-0.4, -0.2) is 53.0 Å². The van der Waals surface area contributed by atoms with E-state index < -0.39 is 11.8 Å². The van der Waals surface area contributed by atoms with Gasteiger partial charge in [-0.2, -0.15) is 5.10 Å². The summed E-state index contributed by atoms with van der Waals surface area (Å²) in [7, 11) is 1.84. The van der Waals surface area contributed by atoms with E-state index in [4.69, 9.17) is 28.6 Å². The summed E-state index contributed by atoms with van der Waals surface area (Å²) in [6.45, 7) is 4.48. The highest BCUT2D eigenvalue weighted by Gasteiger charge is 2.35. The van der Waals surface area contributed by atoms with E-state index in [0.717, 1.165) is 17.1 Å². The molecule has 10 heteroatoms. The molecule has 1 N–H and O–H groups in total. The quantitative estimate of drug-likeness (QED) is 0.442. The highest BCUT2D eigenvalue weighted by Crippen LogP contribution is 2.29. The number of ether oxygens (including phenoxy) is 1. The maximum atomic E-state index is 13.3. The van der Waals surface area contributed by atoms with Gasteiger partial charge in [-0.15, -0.1) is 0 Å². The minimum absolute atomic E-state index is 0.0100. The van der Waals surface area contributed by atoms with Gasteiger partial charge in [-0.1, -0.05) is 11.6 Å². The topological polar surface area (TPSA) is 79.7 Å². The SMILES string of the molecule is Cc1nn(C)c(N2CCOCC2)c1/C=C1\C(=O)NC(=S)N(c2ccc(Cl)cc2)C1=O. The molecule has 1 aromatic carbocycles. The van der Waals surface area contributed by atoms with Crippen LogP contribution >= 0.6 is 23.8 Å². The molecule has 2 fully saturated rings. The van der Waals surface area contributed by atoms with Crippen molar-refractivity contribution in [2.45, 2.75) is 6.92 Å². The number of hydrogen-bond acceptors (Lipinski definition) is 6. The van der Waals surface area contributed by atoms with Crippen molar-refractivity contribution in [1.82, 2.24) is 15.1 Å². The number of halogens is 1. The number of thiocarbonyl (C=S) groups is 1. The summed E-state index contributed by atoms with van der Waals surface area (Å²) >= 11 is 11.2. The predicted molar refractivity (Wildman–Crippen MR) is 119 cm³/mol. The molecule has 3 heterocycles. The number of carbonyl (C=O) groups is 2. The summed E-state index contributed by atoms with van der Waals surface area (Å²) in [5, 5.41) is 7.67. The van der Waals surface area contributed by atoms with Gasteiger partial charge in [0.05, 0.1) is 24.6 Å². The fourth-order valence-electron chi connectivity index (χ4n) is 3.61. The summed E-state index contributed by atoms with van der Waals surface area (Å²) < 4.78 is 7.20. The monoisotopic (exact) mass is 445 g/mol. The Morgan fingerprint density at radius 2 is 1.87 bits per heavy atom. The van der Waals surface area contributed by atoms with Crippen LogP contribution in [0.4, 0.5) is 11.5 Å². The molecule has 0 radical (unpaired) electrons. The molecule has 0 saturated carbocycles. The van der Waals surface area contributed by atoms with Crippen LogP contribution in [0.5, 0.6) is 0 Å². The first-order valence-electron chi connectivity index (χ1n) is 9.40. The summed E-state index contributed by atoms with van der Waals surface area (Å²) in [6.07, 6.45) is 1.59. The lowest BCUT2D eigenvalue weighted by Crippen LogP contribution is -2.54. The second-order valence-corrected chi connectivity index (χ2v) is 7.80. The van der Waals surface area contributed by atoms with Gasteiger partial charge in [0.25, 0.3) is 11.8 Å². The van der Waals surface area contributed by atoms with Gasteiger partial charge in [-0.25, -0.2) is 0 Å². The number of aryl methyl sites for hydroxylation is 2. The molecule has 2 aliphatic rings. The number of nitrogens with one attached hydrogen (secondary N) is 1. The second kappa shape index (κ2) is 8.17. The normalized spacial score (nSPS) is 18.9. The van der Waals surface area contributed by atoms with Gasteiger partial charge in [0.1, 0.15) is 11.4 Å². The number of nitrogens with zero attached hydrogens (tertiary/aromatic N) is 4. The molecule has 4 rings (SSSR count). The number of hydrogen-bond donors (Lipinski definition) is 1. The predicted octanol–water partition coefficient (Wildman–Crippen LogP) is 2.05. The fourth-order valence-corrected chi connectivity index (χ4v) is 4.01. The number of carbonyl (C=O) groups excluding carboxylic acids is 2. The first-order valence-corrected chi connectivity index (χ1v) is 10.2. The Morgan fingerprint density at radius 1 is 1.20 bits per heavy atom. The van der Waals surface area contributed by atoms with Crippen molar-refractivity contribution in [3.05, 3.63) is 46.1 Å². The van der Waals surface area contributed by atoms with Crippen LogP contribution < -0.4 is 15.1 Å². The number of anilines is 2. The molecule has 0 aliphatic carbocycles. The Morgan fingerprint density at radius 3 is 2.53 bits per heavy atom. The number of morpholine rings is 1. The van der Waals surface area contributed by atoms with E-state index in [1.165, 1.54) is 4.90 Å². The molecule has 0 atom stereocenters. The Kier molecular flexibility index (Phi) is 5.59. The van der Waals surface area contributed by atoms with Gasteiger partial charge in [0, 0.05) is 30.7 Å². The number of aromatic nitrogens is 2. The molecular formula is C20H20ClN5O3S. The molecule has 30 heavy (non-hydrogen) atoms. The zero-order valence-electron chi connectivity index (χ0n) is 16.5. The summed E-state index contributed by atoms with van der Waals surface area (Å²) in [5.41, 5.74) is 1.96. The maximum Gasteiger partial charge on any atom is 0.270 e. The third-order valence-electron chi connectivity index (χ3n) is 5.02. The Bertz CT molecular complexity index is 1060. The molecule has 2 saturated heterocycles. The van der Waals surface area contributed by atoms with Crippen molar-refractivity contribution in [3.63, 3.8) is 0 Å². The highest BCUT2D eigenvalue weighted by atomic mass is 35.5.